The van der Waals surface area contributed by atoms with E-state index in [4.69, 9.17) is 4.74 Å². The molecule has 2 aliphatic heterocycles. The number of carbonyl (C=O) groups is 1. The normalized spacial score (nSPS) is 21.0. The molecule has 10 heteroatoms. The monoisotopic (exact) mass is 442 g/mol. The molecule has 8 nitrogen and oxygen atoms in total. The number of fused-ring (bicyclic) bond motifs is 3. The van der Waals surface area contributed by atoms with Crippen molar-refractivity contribution in [2.45, 2.75) is 25.8 Å². The lowest BCUT2D eigenvalue weighted by molar-refractivity contribution is -0.128. The summed E-state index contributed by atoms with van der Waals surface area (Å²) in [5, 5.41) is 2.95. The number of hydrogen-bond acceptors (Lipinski definition) is 6. The molecule has 1 atom stereocenters. The Morgan fingerprint density at radius 1 is 1.41 bits per heavy atom. The lowest BCUT2D eigenvalue weighted by Gasteiger charge is -2.51. The van der Waals surface area contributed by atoms with Crippen LogP contribution in [0.1, 0.15) is 25.8 Å². The first-order valence-electron chi connectivity index (χ1n) is 10.3. The highest BCUT2D eigenvalue weighted by atomic mass is 19.1. The second-order valence-electron chi connectivity index (χ2n) is 7.57. The highest BCUT2D eigenvalue weighted by Gasteiger charge is 2.51. The van der Waals surface area contributed by atoms with Crippen LogP contribution < -0.4 is 15.1 Å². The molecule has 0 unspecified atom stereocenters. The molecule has 0 aliphatic carbocycles. The average Bonchev–Trinajstić information content (AvgIpc) is 2.80. The number of aliphatic imine (C=N–C) groups is 1. The second kappa shape index (κ2) is 8.62. The maximum absolute atomic E-state index is 14.4. The quantitative estimate of drug-likeness (QED) is 0.579. The van der Waals surface area contributed by atoms with Crippen molar-refractivity contribution in [2.24, 2.45) is 4.99 Å². The van der Waals surface area contributed by atoms with E-state index in [2.05, 4.69) is 20.3 Å². The van der Waals surface area contributed by atoms with Gasteiger partial charge in [0.25, 0.3) is 5.91 Å². The molecule has 1 aromatic heterocycles. The van der Waals surface area contributed by atoms with Gasteiger partial charge in [-0.15, -0.1) is 0 Å². The van der Waals surface area contributed by atoms with Gasteiger partial charge in [0.2, 0.25) is 5.95 Å². The number of amidine groups is 1. The molecule has 2 aromatic rings. The molecule has 1 amide bonds. The Hall–Kier alpha value is -3.40. The zero-order valence-electron chi connectivity index (χ0n) is 18.1. The van der Waals surface area contributed by atoms with E-state index in [1.165, 1.54) is 12.3 Å². The van der Waals surface area contributed by atoms with Crippen molar-refractivity contribution in [1.29, 1.82) is 0 Å². The van der Waals surface area contributed by atoms with Crippen LogP contribution >= 0.6 is 0 Å². The summed E-state index contributed by atoms with van der Waals surface area (Å²) in [7, 11) is 1.69. The number of likely N-dealkylation sites (N-methyl/N-ethyl adjacent to an activating group) is 1. The Morgan fingerprint density at radius 2 is 2.22 bits per heavy atom. The van der Waals surface area contributed by atoms with Crippen LogP contribution in [0.5, 0.6) is 0 Å². The first kappa shape index (κ1) is 21.8. The molecule has 1 aromatic carbocycles. The fourth-order valence-electron chi connectivity index (χ4n) is 4.01. The maximum Gasteiger partial charge on any atom is 0.255 e. The molecule has 168 valence electrons. The number of nitrogens with zero attached hydrogens (tertiary/aromatic N) is 5. The third kappa shape index (κ3) is 3.60. The average molecular weight is 442 g/mol. The summed E-state index contributed by atoms with van der Waals surface area (Å²) in [4.78, 5) is 29.8. The maximum atomic E-state index is 14.4. The van der Waals surface area contributed by atoms with Gasteiger partial charge in [0.1, 0.15) is 28.7 Å². The number of hydrogen-bond donors (Lipinski definition) is 1. The summed E-state index contributed by atoms with van der Waals surface area (Å²) >= 11 is 0. The van der Waals surface area contributed by atoms with Crippen LogP contribution in [0.2, 0.25) is 0 Å². The molecular formula is C22H24F2N6O2. The molecule has 2 aliphatic rings. The molecule has 0 spiro atoms. The lowest BCUT2D eigenvalue weighted by Crippen LogP contribution is -2.68. The van der Waals surface area contributed by atoms with E-state index in [1.807, 2.05) is 11.8 Å². The third-order valence-corrected chi connectivity index (χ3v) is 5.74. The first-order valence-corrected chi connectivity index (χ1v) is 10.3. The van der Waals surface area contributed by atoms with Crippen molar-refractivity contribution < 1.29 is 18.3 Å². The number of anilines is 3. The van der Waals surface area contributed by atoms with Gasteiger partial charge in [-0.1, -0.05) is 13.0 Å². The van der Waals surface area contributed by atoms with E-state index in [9.17, 15) is 13.6 Å². The van der Waals surface area contributed by atoms with Gasteiger partial charge >= 0.3 is 0 Å². The van der Waals surface area contributed by atoms with Gasteiger partial charge in [0.05, 0.1) is 25.0 Å². The SMILES string of the molecule is C/C=C\N=C(Nc1ncc2c(n1)N1CCOC[C@@]1(CC)C(=O)N2C)c1ccc(F)cc1F. The van der Waals surface area contributed by atoms with Crippen molar-refractivity contribution in [3.05, 3.63) is 53.9 Å². The fourth-order valence-corrected chi connectivity index (χ4v) is 4.01. The van der Waals surface area contributed by atoms with Crippen LogP contribution in [-0.4, -0.2) is 54.1 Å². The molecule has 0 radical (unpaired) electrons. The van der Waals surface area contributed by atoms with Crippen LogP contribution in [0.3, 0.4) is 0 Å². The Kier molecular flexibility index (Phi) is 5.88. The number of carbonyl (C=O) groups excluding carboxylic acids is 1. The number of nitrogens with one attached hydrogen (secondary N) is 1. The van der Waals surface area contributed by atoms with E-state index >= 15 is 0 Å². The van der Waals surface area contributed by atoms with Gasteiger partial charge < -0.3 is 19.9 Å². The van der Waals surface area contributed by atoms with E-state index in [1.54, 1.807) is 31.1 Å². The van der Waals surface area contributed by atoms with Gasteiger partial charge in [-0.3, -0.25) is 4.79 Å². The predicted molar refractivity (Wildman–Crippen MR) is 118 cm³/mol. The third-order valence-electron chi connectivity index (χ3n) is 5.74. The predicted octanol–water partition coefficient (Wildman–Crippen LogP) is 3.11. The molecule has 1 N–H and O–H groups in total. The zero-order valence-corrected chi connectivity index (χ0v) is 18.1. The number of ether oxygens (including phenoxy) is 1. The standard InChI is InChI=1S/C22H24F2N6O2/c1-4-8-25-18(15-7-6-14(23)11-16(15)24)27-21-26-12-17-19(28-21)30-9-10-32-13-22(30,5-2)20(31)29(17)3/h4,6-8,11-12H,5,9-10,13H2,1-3H3,(H,25,26,27,28)/b8-4-/t22-/m0/s1. The smallest absolute Gasteiger partial charge is 0.255 e. The van der Waals surface area contributed by atoms with Crippen LogP contribution in [0.4, 0.5) is 26.2 Å². The number of halogens is 2. The molecule has 32 heavy (non-hydrogen) atoms. The lowest BCUT2D eigenvalue weighted by atomic mass is 9.89. The summed E-state index contributed by atoms with van der Waals surface area (Å²) in [6.45, 7) is 4.96. The van der Waals surface area contributed by atoms with Crippen molar-refractivity contribution in [3.63, 3.8) is 0 Å². The largest absolute Gasteiger partial charge is 0.377 e. The van der Waals surface area contributed by atoms with Crippen LogP contribution in [0.15, 0.2) is 41.7 Å². The van der Waals surface area contributed by atoms with Gasteiger partial charge in [0.15, 0.2) is 5.82 Å². The summed E-state index contributed by atoms with van der Waals surface area (Å²) < 4.78 is 33.5. The minimum absolute atomic E-state index is 0.0692. The van der Waals surface area contributed by atoms with Crippen LogP contribution in [0.25, 0.3) is 0 Å². The van der Waals surface area contributed by atoms with Crippen molar-refractivity contribution in [2.75, 3.05) is 41.9 Å². The van der Waals surface area contributed by atoms with Gasteiger partial charge in [-0.05, 0) is 25.5 Å². The summed E-state index contributed by atoms with van der Waals surface area (Å²) in [5.41, 5.74) is -0.185. The van der Waals surface area contributed by atoms with E-state index in [0.29, 0.717) is 31.1 Å². The molecule has 1 saturated heterocycles. The highest BCUT2D eigenvalue weighted by molar-refractivity contribution is 6.09. The Morgan fingerprint density at radius 3 is 2.94 bits per heavy atom. The van der Waals surface area contributed by atoms with Crippen molar-refractivity contribution >= 4 is 29.2 Å². The second-order valence-corrected chi connectivity index (χ2v) is 7.57. The van der Waals surface area contributed by atoms with Crippen LogP contribution in [0, 0.1) is 11.6 Å². The summed E-state index contributed by atoms with van der Waals surface area (Å²) in [6, 6.07) is 3.25. The molecule has 3 heterocycles. The first-order chi connectivity index (χ1) is 15.4. The van der Waals surface area contributed by atoms with Crippen LogP contribution in [-0.2, 0) is 9.53 Å². The van der Waals surface area contributed by atoms with E-state index < -0.39 is 17.2 Å². The number of allylic oxidation sites excluding steroid dienone is 1. The Balaban J connectivity index is 1.75. The molecule has 0 saturated carbocycles. The molecule has 1 fully saturated rings. The highest BCUT2D eigenvalue weighted by Crippen LogP contribution is 2.41. The van der Waals surface area contributed by atoms with E-state index in [0.717, 1.165) is 12.1 Å². The van der Waals surface area contributed by atoms with Crippen molar-refractivity contribution in [1.82, 2.24) is 9.97 Å². The minimum atomic E-state index is -0.837. The number of amides is 1. The van der Waals surface area contributed by atoms with Crippen molar-refractivity contribution in [3.8, 4) is 0 Å². The molecule has 4 rings (SSSR count). The topological polar surface area (TPSA) is 83.0 Å². The Labute approximate surface area is 184 Å². The fraction of sp³-hybridized carbons (Fsp3) is 0.364. The number of morpholine rings is 1. The van der Waals surface area contributed by atoms with Gasteiger partial charge in [-0.2, -0.15) is 4.98 Å². The molecular weight excluding hydrogens is 418 g/mol. The van der Waals surface area contributed by atoms with Gasteiger partial charge in [-0.25, -0.2) is 18.8 Å². The zero-order chi connectivity index (χ0) is 22.9. The number of aromatic nitrogens is 2. The number of rotatable bonds is 4. The summed E-state index contributed by atoms with van der Waals surface area (Å²) in [6.07, 6.45) is 5.27. The Bertz CT molecular complexity index is 1110. The summed E-state index contributed by atoms with van der Waals surface area (Å²) in [5.74, 6) is -0.626. The van der Waals surface area contributed by atoms with E-state index in [-0.39, 0.29) is 29.9 Å². The minimum Gasteiger partial charge on any atom is -0.377 e. The molecule has 0 bridgehead atoms. The number of benzene rings is 1. The van der Waals surface area contributed by atoms with Gasteiger partial charge in [0, 0.05) is 25.9 Å².